The Bertz CT molecular complexity index is 1050. The molecule has 3 N–H and O–H groups in total. The van der Waals surface area contributed by atoms with Gasteiger partial charge in [-0.25, -0.2) is 0 Å². The number of allylic oxidation sites excluding steroid dienone is 1. The Balaban J connectivity index is 1.29. The zero-order valence-electron chi connectivity index (χ0n) is 24.9. The number of carbonyl (C=O) groups is 1. The van der Waals surface area contributed by atoms with Crippen LogP contribution in [0.1, 0.15) is 109 Å². The summed E-state index contributed by atoms with van der Waals surface area (Å²) in [4.78, 5) is 11.3. The maximum atomic E-state index is 11.9. The van der Waals surface area contributed by atoms with Crippen molar-refractivity contribution in [1.82, 2.24) is 0 Å². The number of aliphatic hydroxyl groups excluding tert-OH is 2. The fourth-order valence-corrected chi connectivity index (χ4v) is 10.6. The van der Waals surface area contributed by atoms with E-state index in [4.69, 9.17) is 0 Å². The van der Waals surface area contributed by atoms with E-state index in [1.165, 1.54) is 25.7 Å². The van der Waals surface area contributed by atoms with Gasteiger partial charge in [-0.1, -0.05) is 70.5 Å². The van der Waals surface area contributed by atoms with E-state index < -0.39 is 11.9 Å². The molecule has 0 amide bonds. The fraction of sp³-hybridized carbons (Fsp3) is 0.743. The number of carboxylic acid groups (broad SMARTS) is 1. The highest BCUT2D eigenvalue weighted by molar-refractivity contribution is 5.75. The summed E-state index contributed by atoms with van der Waals surface area (Å²) in [6.07, 6.45) is 14.1. The highest BCUT2D eigenvalue weighted by Gasteiger charge is 2.64. The second kappa shape index (κ2) is 11.0. The lowest BCUT2D eigenvalue weighted by atomic mass is 9.41. The van der Waals surface area contributed by atoms with Gasteiger partial charge >= 0.3 is 5.97 Å². The van der Waals surface area contributed by atoms with Crippen LogP contribution in [-0.2, 0) is 4.79 Å². The van der Waals surface area contributed by atoms with Crippen molar-refractivity contribution in [2.75, 3.05) is 0 Å². The number of aliphatic carboxylic acids is 1. The van der Waals surface area contributed by atoms with Gasteiger partial charge in [0, 0.05) is 0 Å². The molecule has 216 valence electrons. The Kier molecular flexibility index (Phi) is 8.12. The van der Waals surface area contributed by atoms with E-state index in [1.807, 2.05) is 24.3 Å². The van der Waals surface area contributed by atoms with Gasteiger partial charge in [-0.15, -0.1) is 0 Å². The van der Waals surface area contributed by atoms with Crippen LogP contribution in [0.2, 0.25) is 0 Å². The van der Waals surface area contributed by atoms with Crippen LogP contribution >= 0.6 is 0 Å². The quantitative estimate of drug-likeness (QED) is 0.336. The molecular weight excluding hydrogens is 484 g/mol. The monoisotopic (exact) mass is 536 g/mol. The zero-order valence-corrected chi connectivity index (χ0v) is 24.9. The van der Waals surface area contributed by atoms with Crippen LogP contribution in [0.4, 0.5) is 0 Å². The summed E-state index contributed by atoms with van der Waals surface area (Å²) in [5, 5.41) is 31.7. The third kappa shape index (κ3) is 4.92. The highest BCUT2D eigenvalue weighted by atomic mass is 16.4. The molecule has 0 heterocycles. The molecule has 0 spiro atoms. The van der Waals surface area contributed by atoms with E-state index in [-0.39, 0.29) is 17.6 Å². The molecule has 5 unspecified atom stereocenters. The van der Waals surface area contributed by atoms with Crippen LogP contribution in [0.5, 0.6) is 0 Å². The van der Waals surface area contributed by atoms with Crippen LogP contribution in [-0.4, -0.2) is 33.5 Å². The summed E-state index contributed by atoms with van der Waals surface area (Å²) >= 11 is 0. The first-order chi connectivity index (χ1) is 18.5. The van der Waals surface area contributed by atoms with Crippen molar-refractivity contribution < 1.29 is 20.1 Å². The lowest BCUT2D eigenvalue weighted by Gasteiger charge is -2.64. The fourth-order valence-electron chi connectivity index (χ4n) is 10.6. The van der Waals surface area contributed by atoms with E-state index >= 15 is 0 Å². The SMILES string of the molecule is CC[C@H]1C(O)C2C3CC[C@H]([C@H](C)C/C=C/c4ccc(C(C)C(=O)O)cc4)[C@@]3(C)CCC2[C@@]2(C)CC[C@@H](O)C[C@@H]12. The van der Waals surface area contributed by atoms with E-state index in [9.17, 15) is 20.1 Å². The molecule has 1 aromatic carbocycles. The largest absolute Gasteiger partial charge is 0.481 e. The van der Waals surface area contributed by atoms with Crippen molar-refractivity contribution in [3.63, 3.8) is 0 Å². The summed E-state index contributed by atoms with van der Waals surface area (Å²) in [5.74, 6) is 2.37. The molecule has 0 aliphatic heterocycles. The first-order valence-electron chi connectivity index (χ1n) is 15.9. The second-order valence-corrected chi connectivity index (χ2v) is 14.5. The van der Waals surface area contributed by atoms with Crippen LogP contribution in [0.3, 0.4) is 0 Å². The zero-order chi connectivity index (χ0) is 28.1. The standard InChI is InChI=1S/C35H52O4/c1-6-26-30-20-25(36)16-18-35(30,5)29-17-19-34(4)27(14-15-28(34)31(29)32(26)37)21(2)8-7-9-23-10-12-24(13-11-23)22(3)33(38)39/h7,9-13,21-22,25-32,36-37H,6,8,14-20H2,1-5H3,(H,38,39)/b9-7+/t21-,22?,25-,26-,27-,28?,29?,30+,31?,32?,34-,35-/m1/s1. The normalized spacial score (nSPS) is 43.4. The van der Waals surface area contributed by atoms with Crippen molar-refractivity contribution in [2.24, 2.45) is 52.3 Å². The summed E-state index contributed by atoms with van der Waals surface area (Å²) in [6, 6.07) is 7.91. The van der Waals surface area contributed by atoms with Crippen molar-refractivity contribution >= 4 is 12.0 Å². The minimum Gasteiger partial charge on any atom is -0.481 e. The van der Waals surface area contributed by atoms with Crippen LogP contribution < -0.4 is 0 Å². The van der Waals surface area contributed by atoms with Gasteiger partial charge in [-0.3, -0.25) is 4.79 Å². The average molecular weight is 537 g/mol. The van der Waals surface area contributed by atoms with Crippen LogP contribution in [0.15, 0.2) is 30.3 Å². The third-order valence-electron chi connectivity index (χ3n) is 12.8. The highest BCUT2D eigenvalue weighted by Crippen LogP contribution is 2.69. The molecule has 4 aliphatic rings. The second-order valence-electron chi connectivity index (χ2n) is 14.5. The van der Waals surface area contributed by atoms with Gasteiger partial charge in [0.1, 0.15) is 0 Å². The maximum absolute atomic E-state index is 11.9. The number of benzene rings is 1. The van der Waals surface area contributed by atoms with Crippen LogP contribution in [0.25, 0.3) is 6.08 Å². The van der Waals surface area contributed by atoms with Gasteiger partial charge in [0.05, 0.1) is 18.1 Å². The molecular formula is C35H52O4. The Morgan fingerprint density at radius 3 is 2.31 bits per heavy atom. The summed E-state index contributed by atoms with van der Waals surface area (Å²) in [5.41, 5.74) is 2.51. The Labute approximate surface area is 236 Å². The molecule has 4 aliphatic carbocycles. The van der Waals surface area contributed by atoms with Crippen molar-refractivity contribution in [3.05, 3.63) is 41.5 Å². The minimum atomic E-state index is -0.790. The Morgan fingerprint density at radius 2 is 1.64 bits per heavy atom. The molecule has 39 heavy (non-hydrogen) atoms. The topological polar surface area (TPSA) is 77.8 Å². The molecule has 4 fully saturated rings. The van der Waals surface area contributed by atoms with E-state index in [1.54, 1.807) is 6.92 Å². The average Bonchev–Trinajstić information content (AvgIpc) is 3.27. The molecule has 0 bridgehead atoms. The van der Waals surface area contributed by atoms with Crippen LogP contribution in [0, 0.1) is 52.3 Å². The lowest BCUT2D eigenvalue weighted by molar-refractivity contribution is -0.203. The smallest absolute Gasteiger partial charge is 0.310 e. The van der Waals surface area contributed by atoms with E-state index in [0.717, 1.165) is 43.2 Å². The molecule has 4 nitrogen and oxygen atoms in total. The number of hydrogen-bond acceptors (Lipinski definition) is 3. The van der Waals surface area contributed by atoms with Gasteiger partial charge in [0.15, 0.2) is 0 Å². The van der Waals surface area contributed by atoms with E-state index in [0.29, 0.717) is 46.8 Å². The van der Waals surface area contributed by atoms with Gasteiger partial charge < -0.3 is 15.3 Å². The van der Waals surface area contributed by atoms with Crippen molar-refractivity contribution in [1.29, 1.82) is 0 Å². The molecule has 0 saturated heterocycles. The van der Waals surface area contributed by atoms with Gasteiger partial charge in [-0.05, 0) is 122 Å². The molecule has 12 atom stereocenters. The predicted molar refractivity (Wildman–Crippen MR) is 157 cm³/mol. The Morgan fingerprint density at radius 1 is 0.974 bits per heavy atom. The molecule has 5 rings (SSSR count). The third-order valence-corrected chi connectivity index (χ3v) is 12.8. The number of carboxylic acids is 1. The summed E-state index contributed by atoms with van der Waals surface area (Å²) in [6.45, 7) is 11.5. The lowest BCUT2D eigenvalue weighted by Crippen LogP contribution is -2.62. The summed E-state index contributed by atoms with van der Waals surface area (Å²) < 4.78 is 0. The van der Waals surface area contributed by atoms with Crippen molar-refractivity contribution in [2.45, 2.75) is 111 Å². The molecule has 0 aromatic heterocycles. The first kappa shape index (κ1) is 28.9. The van der Waals surface area contributed by atoms with Gasteiger partial charge in [0.2, 0.25) is 0 Å². The van der Waals surface area contributed by atoms with E-state index in [2.05, 4.69) is 39.8 Å². The first-order valence-corrected chi connectivity index (χ1v) is 15.9. The van der Waals surface area contributed by atoms with Gasteiger partial charge in [-0.2, -0.15) is 0 Å². The van der Waals surface area contributed by atoms with Crippen molar-refractivity contribution in [3.8, 4) is 0 Å². The molecule has 4 heteroatoms. The molecule has 1 aromatic rings. The number of fused-ring (bicyclic) bond motifs is 5. The summed E-state index contributed by atoms with van der Waals surface area (Å²) in [7, 11) is 0. The minimum absolute atomic E-state index is 0.189. The molecule has 0 radical (unpaired) electrons. The predicted octanol–water partition coefficient (Wildman–Crippen LogP) is 7.54. The molecule has 4 saturated carbocycles. The maximum Gasteiger partial charge on any atom is 0.310 e. The van der Waals surface area contributed by atoms with Gasteiger partial charge in [0.25, 0.3) is 0 Å². The number of hydrogen-bond donors (Lipinski definition) is 3. The number of aliphatic hydroxyl groups is 2. The Hall–Kier alpha value is -1.65. The number of rotatable bonds is 7.